The van der Waals surface area contributed by atoms with E-state index in [2.05, 4.69) is 15.9 Å². The fourth-order valence-corrected chi connectivity index (χ4v) is 2.58. The molecule has 0 nitrogen and oxygen atoms in total. The predicted octanol–water partition coefficient (Wildman–Crippen LogP) is 4.76. The number of halogens is 4. The molecule has 1 aromatic rings. The van der Waals surface area contributed by atoms with Crippen LogP contribution >= 0.6 is 27.7 Å². The Hall–Kier alpha value is -0.160. The molecule has 1 atom stereocenters. The van der Waals surface area contributed by atoms with Crippen molar-refractivity contribution >= 4 is 27.7 Å². The summed E-state index contributed by atoms with van der Waals surface area (Å²) in [6.45, 7) is 1.54. The van der Waals surface area contributed by atoms with Crippen LogP contribution in [0.3, 0.4) is 0 Å². The maximum absolute atomic E-state index is 12.1. The molecule has 0 aromatic heterocycles. The highest BCUT2D eigenvalue weighted by atomic mass is 79.9. The number of hydrogen-bond acceptors (Lipinski definition) is 1. The van der Waals surface area contributed by atoms with Crippen LogP contribution in [0.4, 0.5) is 13.2 Å². The molecule has 14 heavy (non-hydrogen) atoms. The summed E-state index contributed by atoms with van der Waals surface area (Å²) in [5.74, 6) is 0. The summed E-state index contributed by atoms with van der Waals surface area (Å²) in [5, 5.41) is -0.592. The van der Waals surface area contributed by atoms with Crippen LogP contribution in [0.1, 0.15) is 17.7 Å². The van der Waals surface area contributed by atoms with Gasteiger partial charge in [-0.25, -0.2) is 0 Å². The lowest BCUT2D eigenvalue weighted by atomic mass is 10.2. The molecule has 0 N–H and O–H groups in total. The lowest BCUT2D eigenvalue weighted by Gasteiger charge is -2.14. The van der Waals surface area contributed by atoms with Gasteiger partial charge in [0.1, 0.15) is 0 Å². The minimum atomic E-state index is -4.19. The SMILES string of the molecule is CC(SC(F)(F)F)c1ccccc1Br. The zero-order valence-corrected chi connectivity index (χ0v) is 9.71. The fraction of sp³-hybridized carbons (Fsp3) is 0.333. The lowest BCUT2D eigenvalue weighted by molar-refractivity contribution is -0.0333. The van der Waals surface area contributed by atoms with E-state index in [1.54, 1.807) is 24.3 Å². The van der Waals surface area contributed by atoms with Crippen molar-refractivity contribution in [3.8, 4) is 0 Å². The molecule has 78 valence electrons. The van der Waals surface area contributed by atoms with Gasteiger partial charge in [0.15, 0.2) is 0 Å². The minimum absolute atomic E-state index is 0.00602. The van der Waals surface area contributed by atoms with E-state index < -0.39 is 10.8 Å². The summed E-state index contributed by atoms with van der Waals surface area (Å²) in [4.78, 5) is 0. The van der Waals surface area contributed by atoms with E-state index in [1.165, 1.54) is 6.92 Å². The highest BCUT2D eigenvalue weighted by molar-refractivity contribution is 9.10. The van der Waals surface area contributed by atoms with E-state index in [-0.39, 0.29) is 11.8 Å². The van der Waals surface area contributed by atoms with Crippen molar-refractivity contribution in [1.29, 1.82) is 0 Å². The first-order chi connectivity index (χ1) is 6.40. The first-order valence-corrected chi connectivity index (χ1v) is 5.56. The van der Waals surface area contributed by atoms with Gasteiger partial charge in [-0.3, -0.25) is 0 Å². The van der Waals surface area contributed by atoms with E-state index >= 15 is 0 Å². The van der Waals surface area contributed by atoms with Crippen LogP contribution in [0, 0.1) is 0 Å². The molecule has 0 spiro atoms. The maximum Gasteiger partial charge on any atom is 0.442 e. The van der Waals surface area contributed by atoms with Crippen LogP contribution in [0.15, 0.2) is 28.7 Å². The van der Waals surface area contributed by atoms with E-state index in [4.69, 9.17) is 0 Å². The molecular weight excluding hydrogens is 277 g/mol. The van der Waals surface area contributed by atoms with Gasteiger partial charge < -0.3 is 0 Å². The molecule has 1 unspecified atom stereocenters. The molecule has 0 aliphatic rings. The van der Waals surface area contributed by atoms with Crippen molar-refractivity contribution < 1.29 is 13.2 Å². The first-order valence-electron chi connectivity index (χ1n) is 3.89. The average molecular weight is 285 g/mol. The fourth-order valence-electron chi connectivity index (χ4n) is 1.07. The smallest absolute Gasteiger partial charge is 0.160 e. The molecule has 0 aliphatic carbocycles. The second kappa shape index (κ2) is 4.57. The van der Waals surface area contributed by atoms with Crippen molar-refractivity contribution in [1.82, 2.24) is 0 Å². The van der Waals surface area contributed by atoms with Gasteiger partial charge in [0.2, 0.25) is 0 Å². The monoisotopic (exact) mass is 284 g/mol. The zero-order valence-electron chi connectivity index (χ0n) is 7.31. The van der Waals surface area contributed by atoms with Crippen molar-refractivity contribution in [3.63, 3.8) is 0 Å². The Balaban J connectivity index is 2.80. The second-order valence-electron chi connectivity index (χ2n) is 2.73. The summed E-state index contributed by atoms with van der Waals surface area (Å²) in [6, 6.07) is 6.93. The Morgan fingerprint density at radius 1 is 1.29 bits per heavy atom. The maximum atomic E-state index is 12.1. The van der Waals surface area contributed by atoms with Gasteiger partial charge in [-0.05, 0) is 30.3 Å². The highest BCUT2D eigenvalue weighted by Crippen LogP contribution is 2.43. The van der Waals surface area contributed by atoms with Gasteiger partial charge >= 0.3 is 5.51 Å². The normalized spacial score (nSPS) is 14.1. The number of benzene rings is 1. The van der Waals surface area contributed by atoms with E-state index in [9.17, 15) is 13.2 Å². The summed E-state index contributed by atoms with van der Waals surface area (Å²) in [5.41, 5.74) is -3.52. The van der Waals surface area contributed by atoms with Gasteiger partial charge in [-0.2, -0.15) is 13.2 Å². The minimum Gasteiger partial charge on any atom is -0.160 e. The molecule has 0 saturated carbocycles. The summed E-state index contributed by atoms with van der Waals surface area (Å²) < 4.78 is 36.9. The quantitative estimate of drug-likeness (QED) is 0.754. The molecular formula is C9H8BrF3S. The first kappa shape index (κ1) is 11.9. The van der Waals surface area contributed by atoms with Gasteiger partial charge in [-0.1, -0.05) is 34.1 Å². The highest BCUT2D eigenvalue weighted by Gasteiger charge is 2.32. The largest absolute Gasteiger partial charge is 0.442 e. The summed E-state index contributed by atoms with van der Waals surface area (Å²) in [6.07, 6.45) is 0. The van der Waals surface area contributed by atoms with Crippen LogP contribution in [-0.4, -0.2) is 5.51 Å². The third-order valence-corrected chi connectivity index (χ3v) is 3.25. The Labute approximate surface area is 93.0 Å². The zero-order chi connectivity index (χ0) is 10.8. The molecule has 0 radical (unpaired) electrons. The Bertz CT molecular complexity index is 311. The van der Waals surface area contributed by atoms with Crippen LogP contribution in [0.5, 0.6) is 0 Å². The molecule has 1 rings (SSSR count). The third kappa shape index (κ3) is 3.53. The van der Waals surface area contributed by atoms with Crippen molar-refractivity contribution in [2.24, 2.45) is 0 Å². The Morgan fingerprint density at radius 2 is 1.86 bits per heavy atom. The van der Waals surface area contributed by atoms with Gasteiger partial charge in [0, 0.05) is 9.72 Å². The van der Waals surface area contributed by atoms with E-state index in [0.717, 1.165) is 0 Å². The number of hydrogen-bond donors (Lipinski definition) is 0. The molecule has 0 fully saturated rings. The lowest BCUT2D eigenvalue weighted by Crippen LogP contribution is -2.04. The molecule has 5 heteroatoms. The third-order valence-electron chi connectivity index (χ3n) is 1.65. The average Bonchev–Trinajstić information content (AvgIpc) is 2.01. The van der Waals surface area contributed by atoms with Crippen LogP contribution in [-0.2, 0) is 0 Å². The van der Waals surface area contributed by atoms with Gasteiger partial charge in [0.05, 0.1) is 0 Å². The molecule has 0 saturated heterocycles. The summed E-state index contributed by atoms with van der Waals surface area (Å²) >= 11 is 3.22. The van der Waals surface area contributed by atoms with Crippen molar-refractivity contribution in [3.05, 3.63) is 34.3 Å². The van der Waals surface area contributed by atoms with E-state index in [1.807, 2.05) is 0 Å². The second-order valence-corrected chi connectivity index (χ2v) is 4.99. The number of rotatable bonds is 2. The summed E-state index contributed by atoms with van der Waals surface area (Å²) in [7, 11) is 0. The van der Waals surface area contributed by atoms with Gasteiger partial charge in [-0.15, -0.1) is 0 Å². The van der Waals surface area contributed by atoms with Crippen LogP contribution in [0.25, 0.3) is 0 Å². The van der Waals surface area contributed by atoms with Crippen LogP contribution < -0.4 is 0 Å². The molecule has 0 bridgehead atoms. The predicted molar refractivity (Wildman–Crippen MR) is 56.2 cm³/mol. The molecule has 1 aromatic carbocycles. The van der Waals surface area contributed by atoms with Gasteiger partial charge in [0.25, 0.3) is 0 Å². The molecule has 0 aliphatic heterocycles. The molecule has 0 heterocycles. The number of thioether (sulfide) groups is 1. The Kier molecular flexibility index (Phi) is 3.89. The van der Waals surface area contributed by atoms with Crippen molar-refractivity contribution in [2.45, 2.75) is 17.7 Å². The number of alkyl halides is 3. The Morgan fingerprint density at radius 3 is 2.36 bits per heavy atom. The molecule has 0 amide bonds. The van der Waals surface area contributed by atoms with Crippen molar-refractivity contribution in [2.75, 3.05) is 0 Å². The topological polar surface area (TPSA) is 0 Å². The van der Waals surface area contributed by atoms with E-state index in [0.29, 0.717) is 10.0 Å². The van der Waals surface area contributed by atoms with Crippen LogP contribution in [0.2, 0.25) is 0 Å². The standard InChI is InChI=1S/C9H8BrF3S/c1-6(14-9(11,12)13)7-4-2-3-5-8(7)10/h2-6H,1H3.